The number of aromatic amines is 1. The first-order valence-electron chi connectivity index (χ1n) is 8.03. The number of nitrogens with zero attached hydrogens (tertiary/aromatic N) is 3. The van der Waals surface area contributed by atoms with Crippen molar-refractivity contribution in [2.45, 2.75) is 31.7 Å². The van der Waals surface area contributed by atoms with E-state index in [1.54, 1.807) is 0 Å². The first-order valence-corrected chi connectivity index (χ1v) is 8.41. The lowest BCUT2D eigenvalue weighted by Crippen LogP contribution is -2.43. The molecule has 23 heavy (non-hydrogen) atoms. The molecule has 0 spiro atoms. The molecule has 1 unspecified atom stereocenters. The summed E-state index contributed by atoms with van der Waals surface area (Å²) in [7, 11) is 0. The number of nitrogens with one attached hydrogen (secondary N) is 2. The summed E-state index contributed by atoms with van der Waals surface area (Å²) in [5.41, 5.74) is 6.90. The number of nitrogens with two attached hydrogens (primary N) is 1. The number of halogens is 1. The van der Waals surface area contributed by atoms with Gasteiger partial charge in [0.25, 0.3) is 0 Å². The molecule has 0 bridgehead atoms. The lowest BCUT2D eigenvalue weighted by atomic mass is 9.99. The van der Waals surface area contributed by atoms with Gasteiger partial charge in [0.15, 0.2) is 0 Å². The Hall–Kier alpha value is -1.79. The number of rotatable bonds is 5. The standard InChI is InChI=1S/C16H23ClN6/c1-11(12-2-4-13(17)5-3-12)10-19-14-6-8-23(9-7-14)16-20-15(18)21-22-16/h2-5,11,14,19H,6-10H2,1H3,(H3,18,20,21,22). The Morgan fingerprint density at radius 2 is 2.04 bits per heavy atom. The third-order valence-corrected chi connectivity index (χ3v) is 4.67. The number of H-pyrrole nitrogens is 1. The highest BCUT2D eigenvalue weighted by atomic mass is 35.5. The molecule has 0 radical (unpaired) electrons. The van der Waals surface area contributed by atoms with Crippen LogP contribution in [0.3, 0.4) is 0 Å². The van der Waals surface area contributed by atoms with Gasteiger partial charge in [0, 0.05) is 30.7 Å². The molecule has 0 amide bonds. The molecule has 6 nitrogen and oxygen atoms in total. The molecule has 3 rings (SSSR count). The molecule has 1 saturated heterocycles. The Kier molecular flexibility index (Phi) is 5.03. The molecule has 1 atom stereocenters. The Morgan fingerprint density at radius 1 is 1.35 bits per heavy atom. The van der Waals surface area contributed by atoms with Crippen molar-refractivity contribution in [1.82, 2.24) is 20.5 Å². The van der Waals surface area contributed by atoms with Crippen LogP contribution in [0.2, 0.25) is 5.02 Å². The van der Waals surface area contributed by atoms with Gasteiger partial charge in [-0.15, -0.1) is 5.10 Å². The molecular weight excluding hydrogens is 312 g/mol. The van der Waals surface area contributed by atoms with Crippen LogP contribution in [0.15, 0.2) is 24.3 Å². The SMILES string of the molecule is CC(CNC1CCN(c2n[nH]c(N)n2)CC1)c1ccc(Cl)cc1. The fraction of sp³-hybridized carbons (Fsp3) is 0.500. The summed E-state index contributed by atoms with van der Waals surface area (Å²) in [5.74, 6) is 1.55. The normalized spacial score (nSPS) is 17.4. The van der Waals surface area contributed by atoms with E-state index in [1.807, 2.05) is 12.1 Å². The Bertz CT molecular complexity index is 618. The number of hydrogen-bond donors (Lipinski definition) is 3. The van der Waals surface area contributed by atoms with Crippen molar-refractivity contribution in [2.75, 3.05) is 30.3 Å². The van der Waals surface area contributed by atoms with Crippen LogP contribution in [0.5, 0.6) is 0 Å². The van der Waals surface area contributed by atoms with Gasteiger partial charge in [-0.3, -0.25) is 0 Å². The third kappa shape index (κ3) is 4.14. The first-order chi connectivity index (χ1) is 11.1. The maximum atomic E-state index is 5.94. The van der Waals surface area contributed by atoms with Crippen molar-refractivity contribution in [1.29, 1.82) is 0 Å². The lowest BCUT2D eigenvalue weighted by Gasteiger charge is -2.32. The van der Waals surface area contributed by atoms with Crippen LogP contribution in [-0.2, 0) is 0 Å². The second kappa shape index (κ2) is 7.19. The van der Waals surface area contributed by atoms with Crippen LogP contribution in [0, 0.1) is 0 Å². The molecule has 2 aromatic rings. The van der Waals surface area contributed by atoms with E-state index in [4.69, 9.17) is 17.3 Å². The largest absolute Gasteiger partial charge is 0.368 e. The summed E-state index contributed by atoms with van der Waals surface area (Å²) >= 11 is 5.94. The van der Waals surface area contributed by atoms with Crippen molar-refractivity contribution in [3.8, 4) is 0 Å². The van der Waals surface area contributed by atoms with Gasteiger partial charge in [-0.25, -0.2) is 5.10 Å². The van der Waals surface area contributed by atoms with E-state index in [0.717, 1.165) is 37.5 Å². The molecule has 1 aliphatic heterocycles. The van der Waals surface area contributed by atoms with Crippen LogP contribution < -0.4 is 16.0 Å². The molecule has 1 aromatic carbocycles. The van der Waals surface area contributed by atoms with E-state index in [-0.39, 0.29) is 0 Å². The van der Waals surface area contributed by atoms with Gasteiger partial charge < -0.3 is 16.0 Å². The highest BCUT2D eigenvalue weighted by Gasteiger charge is 2.21. The van der Waals surface area contributed by atoms with Crippen molar-refractivity contribution in [3.63, 3.8) is 0 Å². The minimum Gasteiger partial charge on any atom is -0.368 e. The van der Waals surface area contributed by atoms with Crippen molar-refractivity contribution in [2.24, 2.45) is 0 Å². The van der Waals surface area contributed by atoms with Crippen molar-refractivity contribution >= 4 is 23.5 Å². The summed E-state index contributed by atoms with van der Waals surface area (Å²) in [5, 5.41) is 11.3. The Balaban J connectivity index is 1.44. The average Bonchev–Trinajstić information content (AvgIpc) is 3.00. The number of anilines is 2. The zero-order valence-corrected chi connectivity index (χ0v) is 14.1. The fourth-order valence-electron chi connectivity index (χ4n) is 2.94. The quantitative estimate of drug-likeness (QED) is 0.782. The summed E-state index contributed by atoms with van der Waals surface area (Å²) in [4.78, 5) is 6.36. The van der Waals surface area contributed by atoms with E-state index >= 15 is 0 Å². The van der Waals surface area contributed by atoms with E-state index in [1.165, 1.54) is 5.56 Å². The van der Waals surface area contributed by atoms with Crippen LogP contribution in [0.1, 0.15) is 31.2 Å². The first kappa shape index (κ1) is 16.1. The van der Waals surface area contributed by atoms with E-state index in [9.17, 15) is 0 Å². The molecule has 1 fully saturated rings. The molecular formula is C16H23ClN6. The lowest BCUT2D eigenvalue weighted by molar-refractivity contribution is 0.404. The van der Waals surface area contributed by atoms with Crippen LogP contribution in [0.4, 0.5) is 11.9 Å². The predicted molar refractivity (Wildman–Crippen MR) is 93.9 cm³/mol. The van der Waals surface area contributed by atoms with Gasteiger partial charge >= 0.3 is 0 Å². The van der Waals surface area contributed by atoms with E-state index in [0.29, 0.717) is 23.9 Å². The second-order valence-electron chi connectivity index (χ2n) is 6.14. The van der Waals surface area contributed by atoms with E-state index < -0.39 is 0 Å². The molecule has 0 aliphatic carbocycles. The summed E-state index contributed by atoms with van der Waals surface area (Å²) < 4.78 is 0. The molecule has 124 valence electrons. The summed E-state index contributed by atoms with van der Waals surface area (Å²) in [6.07, 6.45) is 2.17. The zero-order valence-electron chi connectivity index (χ0n) is 13.3. The molecule has 2 heterocycles. The van der Waals surface area contributed by atoms with Gasteiger partial charge in [-0.05, 0) is 36.5 Å². The number of benzene rings is 1. The maximum absolute atomic E-state index is 5.94. The molecule has 0 saturated carbocycles. The Morgan fingerprint density at radius 3 is 2.65 bits per heavy atom. The smallest absolute Gasteiger partial charge is 0.246 e. The van der Waals surface area contributed by atoms with Crippen LogP contribution >= 0.6 is 11.6 Å². The van der Waals surface area contributed by atoms with Crippen molar-refractivity contribution in [3.05, 3.63) is 34.9 Å². The number of hydrogen-bond acceptors (Lipinski definition) is 5. The summed E-state index contributed by atoms with van der Waals surface area (Å²) in [6, 6.07) is 8.65. The van der Waals surface area contributed by atoms with Gasteiger partial charge in [0.1, 0.15) is 0 Å². The molecule has 4 N–H and O–H groups in total. The van der Waals surface area contributed by atoms with Gasteiger partial charge in [-0.1, -0.05) is 30.7 Å². The fourth-order valence-corrected chi connectivity index (χ4v) is 3.07. The topological polar surface area (TPSA) is 82.9 Å². The number of nitrogen functional groups attached to an aromatic ring is 1. The maximum Gasteiger partial charge on any atom is 0.246 e. The minimum absolute atomic E-state index is 0.372. The highest BCUT2D eigenvalue weighted by molar-refractivity contribution is 6.30. The molecule has 1 aromatic heterocycles. The monoisotopic (exact) mass is 334 g/mol. The third-order valence-electron chi connectivity index (χ3n) is 4.42. The molecule has 1 aliphatic rings. The predicted octanol–water partition coefficient (Wildman–Crippen LogP) is 2.40. The second-order valence-corrected chi connectivity index (χ2v) is 6.58. The number of aromatic nitrogens is 3. The zero-order chi connectivity index (χ0) is 16.2. The molecule has 7 heteroatoms. The summed E-state index contributed by atoms with van der Waals surface area (Å²) in [6.45, 7) is 5.11. The van der Waals surface area contributed by atoms with Crippen LogP contribution in [0.25, 0.3) is 0 Å². The van der Waals surface area contributed by atoms with Gasteiger partial charge in [-0.2, -0.15) is 4.98 Å². The van der Waals surface area contributed by atoms with E-state index in [2.05, 4.69) is 44.5 Å². The van der Waals surface area contributed by atoms with Crippen LogP contribution in [-0.4, -0.2) is 40.9 Å². The van der Waals surface area contributed by atoms with Gasteiger partial charge in [0.2, 0.25) is 11.9 Å². The average molecular weight is 335 g/mol. The highest BCUT2D eigenvalue weighted by Crippen LogP contribution is 2.19. The Labute approximate surface area is 141 Å². The number of piperidine rings is 1. The minimum atomic E-state index is 0.372. The van der Waals surface area contributed by atoms with Gasteiger partial charge in [0.05, 0.1) is 0 Å². The van der Waals surface area contributed by atoms with Crippen molar-refractivity contribution < 1.29 is 0 Å².